The highest BCUT2D eigenvalue weighted by Crippen LogP contribution is 2.38. The Balaban J connectivity index is 1.88. The Kier molecular flexibility index (Phi) is 3.58. The second kappa shape index (κ2) is 5.40. The van der Waals surface area contributed by atoms with Crippen LogP contribution in [0.2, 0.25) is 0 Å². The van der Waals surface area contributed by atoms with Crippen LogP contribution < -0.4 is 20.5 Å². The summed E-state index contributed by atoms with van der Waals surface area (Å²) in [6.07, 6.45) is 0. The molecule has 1 aliphatic rings. The van der Waals surface area contributed by atoms with Gasteiger partial charge >= 0.3 is 0 Å². The van der Waals surface area contributed by atoms with E-state index < -0.39 is 5.82 Å². The van der Waals surface area contributed by atoms with Crippen molar-refractivity contribution in [2.24, 2.45) is 0 Å². The van der Waals surface area contributed by atoms with E-state index in [9.17, 15) is 9.18 Å². The van der Waals surface area contributed by atoms with Crippen LogP contribution in [0.1, 0.15) is 10.4 Å². The van der Waals surface area contributed by atoms with Crippen molar-refractivity contribution in [1.82, 2.24) is 0 Å². The number of ether oxygens (including phenoxy) is 2. The van der Waals surface area contributed by atoms with E-state index in [4.69, 9.17) is 15.2 Å². The molecule has 0 saturated carbocycles. The van der Waals surface area contributed by atoms with Crippen molar-refractivity contribution in [3.63, 3.8) is 0 Å². The zero-order valence-corrected chi connectivity index (χ0v) is 12.8. The van der Waals surface area contributed by atoms with Crippen molar-refractivity contribution < 1.29 is 18.7 Å². The van der Waals surface area contributed by atoms with Crippen LogP contribution >= 0.6 is 22.6 Å². The molecule has 1 aliphatic heterocycles. The van der Waals surface area contributed by atoms with Gasteiger partial charge in [0.05, 0.1) is 16.9 Å². The van der Waals surface area contributed by atoms with Crippen LogP contribution in [-0.4, -0.2) is 12.7 Å². The summed E-state index contributed by atoms with van der Waals surface area (Å²) in [6.45, 7) is 0.127. The van der Waals surface area contributed by atoms with Crippen LogP contribution in [0.5, 0.6) is 11.5 Å². The third-order valence-corrected chi connectivity index (χ3v) is 3.86. The SMILES string of the molecule is Nc1cc2c(cc1NC(=O)c1ccc(F)cc1I)OCO2. The molecule has 0 radical (unpaired) electrons. The van der Waals surface area contributed by atoms with E-state index in [1.165, 1.54) is 18.2 Å². The first kappa shape index (κ1) is 13.9. The topological polar surface area (TPSA) is 73.6 Å². The molecular weight excluding hydrogens is 390 g/mol. The lowest BCUT2D eigenvalue weighted by Crippen LogP contribution is -2.14. The van der Waals surface area contributed by atoms with E-state index in [0.29, 0.717) is 32.0 Å². The zero-order chi connectivity index (χ0) is 15.0. The van der Waals surface area contributed by atoms with Gasteiger partial charge in [0, 0.05) is 15.7 Å². The minimum atomic E-state index is -0.390. The summed E-state index contributed by atoms with van der Waals surface area (Å²) in [5, 5.41) is 2.69. The number of benzene rings is 2. The molecule has 0 atom stereocenters. The van der Waals surface area contributed by atoms with Crippen LogP contribution in [0.15, 0.2) is 30.3 Å². The molecular formula is C14H10FIN2O3. The van der Waals surface area contributed by atoms with Crippen molar-refractivity contribution in [2.45, 2.75) is 0 Å². The smallest absolute Gasteiger partial charge is 0.256 e. The number of amides is 1. The zero-order valence-electron chi connectivity index (χ0n) is 10.7. The van der Waals surface area contributed by atoms with E-state index in [1.54, 1.807) is 12.1 Å². The van der Waals surface area contributed by atoms with E-state index in [1.807, 2.05) is 22.6 Å². The highest BCUT2D eigenvalue weighted by atomic mass is 127. The average molecular weight is 400 g/mol. The number of hydrogen-bond donors (Lipinski definition) is 2. The predicted octanol–water partition coefficient (Wildman–Crippen LogP) is 2.99. The van der Waals surface area contributed by atoms with E-state index in [-0.39, 0.29) is 12.7 Å². The number of halogens is 2. The molecule has 0 saturated heterocycles. The molecule has 0 unspecified atom stereocenters. The van der Waals surface area contributed by atoms with Gasteiger partial charge in [0.25, 0.3) is 5.91 Å². The number of nitrogens with one attached hydrogen (secondary N) is 1. The lowest BCUT2D eigenvalue weighted by atomic mass is 10.2. The summed E-state index contributed by atoms with van der Waals surface area (Å²) in [5.41, 5.74) is 7.03. The predicted molar refractivity (Wildman–Crippen MR) is 84.0 cm³/mol. The van der Waals surface area contributed by atoms with Crippen molar-refractivity contribution in [3.8, 4) is 11.5 Å². The number of rotatable bonds is 2. The molecule has 1 amide bonds. The molecule has 0 aliphatic carbocycles. The van der Waals surface area contributed by atoms with Crippen LogP contribution in [0.3, 0.4) is 0 Å². The van der Waals surface area contributed by atoms with Gasteiger partial charge in [-0.2, -0.15) is 0 Å². The Labute approximate surface area is 133 Å². The minimum absolute atomic E-state index is 0.127. The first-order valence-electron chi connectivity index (χ1n) is 6.00. The van der Waals surface area contributed by atoms with Gasteiger partial charge < -0.3 is 20.5 Å². The maximum atomic E-state index is 13.1. The highest BCUT2D eigenvalue weighted by Gasteiger charge is 2.18. The van der Waals surface area contributed by atoms with Gasteiger partial charge in [-0.3, -0.25) is 4.79 Å². The third kappa shape index (κ3) is 2.73. The molecule has 5 nitrogen and oxygen atoms in total. The Morgan fingerprint density at radius 3 is 2.67 bits per heavy atom. The molecule has 0 aromatic heterocycles. The lowest BCUT2D eigenvalue weighted by Gasteiger charge is -2.10. The molecule has 0 fully saturated rings. The quantitative estimate of drug-likeness (QED) is 0.601. The van der Waals surface area contributed by atoms with Gasteiger partial charge in [-0.25, -0.2) is 4.39 Å². The summed E-state index contributed by atoms with van der Waals surface area (Å²) in [4.78, 5) is 12.2. The van der Waals surface area contributed by atoms with Gasteiger partial charge in [0.2, 0.25) is 6.79 Å². The second-order valence-corrected chi connectivity index (χ2v) is 5.53. The highest BCUT2D eigenvalue weighted by molar-refractivity contribution is 14.1. The van der Waals surface area contributed by atoms with Crippen LogP contribution in [0.4, 0.5) is 15.8 Å². The summed E-state index contributed by atoms with van der Waals surface area (Å²) in [6, 6.07) is 7.15. The van der Waals surface area contributed by atoms with Crippen molar-refractivity contribution >= 4 is 39.9 Å². The van der Waals surface area contributed by atoms with Gasteiger partial charge in [-0.1, -0.05) is 0 Å². The van der Waals surface area contributed by atoms with Crippen molar-refractivity contribution in [3.05, 3.63) is 45.3 Å². The molecule has 21 heavy (non-hydrogen) atoms. The Morgan fingerprint density at radius 2 is 1.95 bits per heavy atom. The molecule has 1 heterocycles. The summed E-state index contributed by atoms with van der Waals surface area (Å²) < 4.78 is 24.0. The second-order valence-electron chi connectivity index (χ2n) is 4.37. The average Bonchev–Trinajstić information content (AvgIpc) is 2.86. The number of anilines is 2. The number of nitrogen functional groups attached to an aromatic ring is 1. The fourth-order valence-electron chi connectivity index (χ4n) is 1.93. The fraction of sp³-hybridized carbons (Fsp3) is 0.0714. The Morgan fingerprint density at radius 1 is 1.24 bits per heavy atom. The third-order valence-electron chi connectivity index (χ3n) is 2.97. The molecule has 2 aromatic carbocycles. The number of carbonyl (C=O) groups is 1. The van der Waals surface area contributed by atoms with Gasteiger partial charge in [-0.05, 0) is 40.8 Å². The summed E-state index contributed by atoms with van der Waals surface area (Å²) in [5.74, 6) is 0.304. The molecule has 2 aromatic rings. The van der Waals surface area contributed by atoms with Crippen molar-refractivity contribution in [1.29, 1.82) is 0 Å². The molecule has 0 spiro atoms. The number of fused-ring (bicyclic) bond motifs is 1. The van der Waals surface area contributed by atoms with E-state index in [2.05, 4.69) is 5.32 Å². The molecule has 7 heteroatoms. The number of nitrogens with two attached hydrogens (primary N) is 1. The lowest BCUT2D eigenvalue weighted by molar-refractivity contribution is 0.102. The summed E-state index contributed by atoms with van der Waals surface area (Å²) in [7, 11) is 0. The van der Waals surface area contributed by atoms with Gasteiger partial charge in [0.1, 0.15) is 5.82 Å². The normalized spacial score (nSPS) is 12.3. The Hall–Kier alpha value is -2.03. The monoisotopic (exact) mass is 400 g/mol. The first-order valence-corrected chi connectivity index (χ1v) is 7.08. The van der Waals surface area contributed by atoms with Gasteiger partial charge in [0.15, 0.2) is 11.5 Å². The maximum Gasteiger partial charge on any atom is 0.256 e. The molecule has 3 rings (SSSR count). The number of hydrogen-bond acceptors (Lipinski definition) is 4. The van der Waals surface area contributed by atoms with Crippen LogP contribution in [-0.2, 0) is 0 Å². The Bertz CT molecular complexity index is 736. The van der Waals surface area contributed by atoms with Crippen LogP contribution in [0.25, 0.3) is 0 Å². The maximum absolute atomic E-state index is 13.1. The molecule has 108 valence electrons. The van der Waals surface area contributed by atoms with Crippen molar-refractivity contribution in [2.75, 3.05) is 17.8 Å². The molecule has 3 N–H and O–H groups in total. The van der Waals surface area contributed by atoms with Gasteiger partial charge in [-0.15, -0.1) is 0 Å². The van der Waals surface area contributed by atoms with Crippen LogP contribution in [0, 0.1) is 9.39 Å². The van der Waals surface area contributed by atoms with E-state index >= 15 is 0 Å². The fourth-order valence-corrected chi connectivity index (χ4v) is 2.65. The first-order chi connectivity index (χ1) is 10.0. The largest absolute Gasteiger partial charge is 0.454 e. The minimum Gasteiger partial charge on any atom is -0.454 e. The van der Waals surface area contributed by atoms with E-state index in [0.717, 1.165) is 0 Å². The standard InChI is InChI=1S/C14H10FIN2O3/c15-7-1-2-8(9(16)3-7)14(19)18-11-5-13-12(4-10(11)17)20-6-21-13/h1-5H,6,17H2,(H,18,19). The molecule has 0 bridgehead atoms. The number of carbonyl (C=O) groups excluding carboxylic acids is 1. The summed E-state index contributed by atoms with van der Waals surface area (Å²) >= 11 is 1.91.